The van der Waals surface area contributed by atoms with E-state index < -0.39 is 0 Å². The third kappa shape index (κ3) is 4.26. The number of benzene rings is 1. The molecule has 21 heavy (non-hydrogen) atoms. The monoisotopic (exact) mass is 291 g/mol. The highest BCUT2D eigenvalue weighted by Crippen LogP contribution is 2.14. The zero-order valence-electron chi connectivity index (χ0n) is 12.3. The lowest BCUT2D eigenvalue weighted by Crippen LogP contribution is -2.48. The molecule has 1 amide bonds. The summed E-state index contributed by atoms with van der Waals surface area (Å²) in [5.41, 5.74) is 1.13. The van der Waals surface area contributed by atoms with Crippen LogP contribution in [0.15, 0.2) is 24.3 Å². The van der Waals surface area contributed by atoms with E-state index in [-0.39, 0.29) is 16.5 Å². The van der Waals surface area contributed by atoms with Crippen molar-refractivity contribution in [1.29, 1.82) is 0 Å². The number of amides is 1. The molecule has 0 spiro atoms. The van der Waals surface area contributed by atoms with E-state index in [2.05, 4.69) is 4.90 Å². The van der Waals surface area contributed by atoms with Crippen molar-refractivity contribution in [2.75, 3.05) is 32.7 Å². The van der Waals surface area contributed by atoms with Crippen LogP contribution in [0, 0.1) is 10.1 Å². The van der Waals surface area contributed by atoms with Gasteiger partial charge in [-0.15, -0.1) is 0 Å². The van der Waals surface area contributed by atoms with Crippen molar-refractivity contribution in [3.05, 3.63) is 39.9 Å². The van der Waals surface area contributed by atoms with Gasteiger partial charge >= 0.3 is 0 Å². The van der Waals surface area contributed by atoms with Gasteiger partial charge in [0, 0.05) is 51.3 Å². The van der Waals surface area contributed by atoms with E-state index in [9.17, 15) is 14.9 Å². The Bertz CT molecular complexity index is 511. The Morgan fingerprint density at radius 1 is 1.29 bits per heavy atom. The zero-order valence-corrected chi connectivity index (χ0v) is 12.3. The number of nitro groups is 1. The van der Waals surface area contributed by atoms with Crippen LogP contribution in [0.3, 0.4) is 0 Å². The topological polar surface area (TPSA) is 66.7 Å². The van der Waals surface area contributed by atoms with Crippen molar-refractivity contribution in [3.8, 4) is 0 Å². The zero-order chi connectivity index (χ0) is 15.2. The average molecular weight is 291 g/mol. The number of rotatable bonds is 5. The van der Waals surface area contributed by atoms with Crippen molar-refractivity contribution in [3.63, 3.8) is 0 Å². The van der Waals surface area contributed by atoms with Crippen molar-refractivity contribution in [2.45, 2.75) is 19.8 Å². The van der Waals surface area contributed by atoms with Gasteiger partial charge in [0.15, 0.2) is 0 Å². The molecular weight excluding hydrogens is 270 g/mol. The SMILES string of the molecule is CCC(=O)N1CCN(CCc2cccc([N+](=O)[O-])c2)CC1. The first-order valence-electron chi connectivity index (χ1n) is 7.33. The predicted octanol–water partition coefficient (Wildman–Crippen LogP) is 1.69. The van der Waals surface area contributed by atoms with Crippen LogP contribution in [-0.2, 0) is 11.2 Å². The number of nitrogens with zero attached hydrogens (tertiary/aromatic N) is 3. The van der Waals surface area contributed by atoms with E-state index in [1.165, 1.54) is 6.07 Å². The van der Waals surface area contributed by atoms with Gasteiger partial charge in [-0.05, 0) is 12.0 Å². The summed E-state index contributed by atoms with van der Waals surface area (Å²) in [4.78, 5) is 26.2. The van der Waals surface area contributed by atoms with Gasteiger partial charge in [0.1, 0.15) is 0 Å². The standard InChI is InChI=1S/C15H21N3O3/c1-2-15(19)17-10-8-16(9-11-17)7-6-13-4-3-5-14(12-13)18(20)21/h3-5,12H,2,6-11H2,1H3. The molecule has 1 heterocycles. The third-order valence-electron chi connectivity index (χ3n) is 3.87. The fourth-order valence-corrected chi connectivity index (χ4v) is 2.56. The second-order valence-electron chi connectivity index (χ2n) is 5.25. The van der Waals surface area contributed by atoms with E-state index in [0.717, 1.165) is 44.7 Å². The molecule has 0 N–H and O–H groups in total. The molecule has 1 aliphatic rings. The fraction of sp³-hybridized carbons (Fsp3) is 0.533. The molecule has 0 saturated carbocycles. The summed E-state index contributed by atoms with van der Waals surface area (Å²) < 4.78 is 0. The highest BCUT2D eigenvalue weighted by atomic mass is 16.6. The minimum absolute atomic E-state index is 0.144. The first kappa shape index (κ1) is 15.4. The average Bonchev–Trinajstić information content (AvgIpc) is 2.53. The molecule has 1 aliphatic heterocycles. The van der Waals surface area contributed by atoms with Crippen LogP contribution in [0.1, 0.15) is 18.9 Å². The van der Waals surface area contributed by atoms with Crippen molar-refractivity contribution in [2.24, 2.45) is 0 Å². The Kier molecular flexibility index (Phi) is 5.27. The Labute approximate surface area is 124 Å². The van der Waals surface area contributed by atoms with Crippen molar-refractivity contribution >= 4 is 11.6 Å². The third-order valence-corrected chi connectivity index (χ3v) is 3.87. The first-order valence-corrected chi connectivity index (χ1v) is 7.33. The Balaban J connectivity index is 1.81. The number of hydrogen-bond acceptors (Lipinski definition) is 4. The van der Waals surface area contributed by atoms with Gasteiger partial charge in [-0.2, -0.15) is 0 Å². The van der Waals surface area contributed by atoms with E-state index in [1.807, 2.05) is 17.9 Å². The van der Waals surface area contributed by atoms with E-state index in [1.54, 1.807) is 12.1 Å². The second kappa shape index (κ2) is 7.17. The van der Waals surface area contributed by atoms with Crippen molar-refractivity contribution in [1.82, 2.24) is 9.80 Å². The molecule has 1 aromatic carbocycles. The number of piperazine rings is 1. The Morgan fingerprint density at radius 3 is 2.62 bits per heavy atom. The molecule has 1 aromatic rings. The summed E-state index contributed by atoms with van der Waals surface area (Å²) in [6.07, 6.45) is 1.36. The highest BCUT2D eigenvalue weighted by Gasteiger charge is 2.19. The molecule has 0 bridgehead atoms. The van der Waals surface area contributed by atoms with Crippen LogP contribution >= 0.6 is 0 Å². The minimum atomic E-state index is -0.362. The molecule has 0 aliphatic carbocycles. The van der Waals surface area contributed by atoms with Gasteiger partial charge in [0.05, 0.1) is 4.92 Å². The van der Waals surface area contributed by atoms with Crippen LogP contribution in [0.2, 0.25) is 0 Å². The maximum absolute atomic E-state index is 11.6. The van der Waals surface area contributed by atoms with Gasteiger partial charge in [-0.25, -0.2) is 0 Å². The quantitative estimate of drug-likeness (QED) is 0.611. The molecule has 2 rings (SSSR count). The lowest BCUT2D eigenvalue weighted by Gasteiger charge is -2.34. The number of carbonyl (C=O) groups excluding carboxylic acids is 1. The summed E-state index contributed by atoms with van der Waals surface area (Å²) in [5, 5.41) is 10.7. The van der Waals surface area contributed by atoms with E-state index in [4.69, 9.17) is 0 Å². The molecule has 0 radical (unpaired) electrons. The molecular formula is C15H21N3O3. The lowest BCUT2D eigenvalue weighted by atomic mass is 10.1. The number of hydrogen-bond donors (Lipinski definition) is 0. The largest absolute Gasteiger partial charge is 0.340 e. The van der Waals surface area contributed by atoms with Crippen LogP contribution in [-0.4, -0.2) is 53.4 Å². The smallest absolute Gasteiger partial charge is 0.269 e. The Morgan fingerprint density at radius 2 is 2.00 bits per heavy atom. The summed E-state index contributed by atoms with van der Waals surface area (Å²) >= 11 is 0. The lowest BCUT2D eigenvalue weighted by molar-refractivity contribution is -0.384. The van der Waals surface area contributed by atoms with Crippen LogP contribution in [0.4, 0.5) is 5.69 Å². The van der Waals surface area contributed by atoms with Gasteiger partial charge < -0.3 is 4.90 Å². The second-order valence-corrected chi connectivity index (χ2v) is 5.25. The highest BCUT2D eigenvalue weighted by molar-refractivity contribution is 5.75. The summed E-state index contributed by atoms with van der Waals surface area (Å²) in [6.45, 7) is 6.07. The van der Waals surface area contributed by atoms with Crippen LogP contribution < -0.4 is 0 Å². The first-order chi connectivity index (χ1) is 10.1. The maximum Gasteiger partial charge on any atom is 0.269 e. The van der Waals surface area contributed by atoms with Crippen LogP contribution in [0.5, 0.6) is 0 Å². The van der Waals surface area contributed by atoms with Crippen molar-refractivity contribution < 1.29 is 9.72 Å². The molecule has 6 nitrogen and oxygen atoms in total. The van der Waals surface area contributed by atoms with Gasteiger partial charge in [-0.1, -0.05) is 19.1 Å². The van der Waals surface area contributed by atoms with Gasteiger partial charge in [0.2, 0.25) is 5.91 Å². The molecule has 0 atom stereocenters. The number of nitro benzene ring substituents is 1. The molecule has 1 saturated heterocycles. The van der Waals surface area contributed by atoms with Gasteiger partial charge in [-0.3, -0.25) is 19.8 Å². The number of carbonyl (C=O) groups is 1. The normalized spacial score (nSPS) is 16.0. The number of non-ortho nitro benzene ring substituents is 1. The molecule has 114 valence electrons. The molecule has 6 heteroatoms. The van der Waals surface area contributed by atoms with E-state index in [0.29, 0.717) is 6.42 Å². The van der Waals surface area contributed by atoms with Gasteiger partial charge in [0.25, 0.3) is 5.69 Å². The fourth-order valence-electron chi connectivity index (χ4n) is 2.56. The predicted molar refractivity (Wildman–Crippen MR) is 80.1 cm³/mol. The summed E-state index contributed by atoms with van der Waals surface area (Å²) in [7, 11) is 0. The summed E-state index contributed by atoms with van der Waals surface area (Å²) in [6, 6.07) is 6.80. The molecule has 1 fully saturated rings. The maximum atomic E-state index is 11.6. The van der Waals surface area contributed by atoms with Crippen LogP contribution in [0.25, 0.3) is 0 Å². The molecule has 0 unspecified atom stereocenters. The Hall–Kier alpha value is -1.95. The molecule has 0 aromatic heterocycles. The minimum Gasteiger partial charge on any atom is -0.340 e. The van der Waals surface area contributed by atoms with E-state index >= 15 is 0 Å². The summed E-state index contributed by atoms with van der Waals surface area (Å²) in [5.74, 6) is 0.216.